The molecule has 2 atom stereocenters. The van der Waals surface area contributed by atoms with Gasteiger partial charge in [-0.05, 0) is 89.4 Å². The number of aromatic nitrogens is 2. The van der Waals surface area contributed by atoms with Crippen LogP contribution in [0.5, 0.6) is 0 Å². The van der Waals surface area contributed by atoms with Crippen LogP contribution in [0.2, 0.25) is 0 Å². The number of thiazole rings is 2. The molecule has 0 saturated carbocycles. The van der Waals surface area contributed by atoms with Gasteiger partial charge in [-0.1, -0.05) is 35.2 Å². The summed E-state index contributed by atoms with van der Waals surface area (Å²) in [7, 11) is -9.60. The second-order valence-corrected chi connectivity index (χ2v) is 20.4. The van der Waals surface area contributed by atoms with E-state index in [4.69, 9.17) is 14.7 Å². The Morgan fingerprint density at radius 1 is 0.862 bits per heavy atom. The van der Waals surface area contributed by atoms with Crippen LogP contribution in [-0.4, -0.2) is 104 Å². The van der Waals surface area contributed by atoms with Crippen LogP contribution in [0.4, 0.5) is 44.4 Å². The molecule has 4 bridgehead atoms. The lowest BCUT2D eigenvalue weighted by atomic mass is 9.92. The Balaban J connectivity index is 1.55. The summed E-state index contributed by atoms with van der Waals surface area (Å²) in [4.78, 5) is 45.0. The lowest BCUT2D eigenvalue weighted by molar-refractivity contribution is 0.111. The molecular weight excluding hydrogens is 939 g/mol. The number of fused-ring (bicyclic) bond motifs is 5. The Labute approximate surface area is 388 Å². The summed E-state index contributed by atoms with van der Waals surface area (Å²) in [5.74, 6) is 1.49. The minimum atomic E-state index is -4.80. The number of rotatable bonds is 14. The van der Waals surface area contributed by atoms with Gasteiger partial charge in [0.05, 0.1) is 18.0 Å². The highest BCUT2D eigenvalue weighted by Crippen LogP contribution is 2.40. The first-order valence-electron chi connectivity index (χ1n) is 20.3. The minimum Gasteiger partial charge on any atom is -0.372 e. The minimum absolute atomic E-state index is 0.0285. The van der Waals surface area contributed by atoms with E-state index in [1.165, 1.54) is 0 Å². The Morgan fingerprint density at radius 2 is 1.48 bits per heavy atom. The molecule has 2 aromatic heterocycles. The molecule has 25 heteroatoms. The molecule has 2 aliphatic rings. The molecule has 4 heterocycles. The van der Waals surface area contributed by atoms with E-state index in [0.29, 0.717) is 97.2 Å². The van der Waals surface area contributed by atoms with Crippen molar-refractivity contribution < 1.29 is 40.3 Å². The second kappa shape index (κ2) is 21.4. The van der Waals surface area contributed by atoms with Gasteiger partial charge in [-0.2, -0.15) is 28.6 Å². The summed E-state index contributed by atoms with van der Waals surface area (Å²) >= 11 is 3.09. The van der Waals surface area contributed by atoms with Crippen molar-refractivity contribution in [3.05, 3.63) is 57.3 Å². The number of aliphatic imine (C=N–C) groups is 2. The Morgan fingerprint density at radius 3 is 2.03 bits per heavy atom. The normalized spacial score (nSPS) is 17.8. The first-order valence-corrected chi connectivity index (χ1v) is 25.9. The highest BCUT2D eigenvalue weighted by molar-refractivity contribution is 8.00. The Hall–Kier alpha value is -5.15. The zero-order chi connectivity index (χ0) is 47.1. The van der Waals surface area contributed by atoms with Gasteiger partial charge < -0.3 is 19.9 Å². The summed E-state index contributed by atoms with van der Waals surface area (Å²) in [6, 6.07) is 10.9. The van der Waals surface area contributed by atoms with Crippen molar-refractivity contribution in [3.8, 4) is 0 Å². The number of carbonyl (C=O) groups is 2. The van der Waals surface area contributed by atoms with Gasteiger partial charge in [0.15, 0.2) is 12.6 Å². The van der Waals surface area contributed by atoms with Crippen molar-refractivity contribution in [1.82, 2.24) is 9.97 Å². The average molecular weight is 986 g/mol. The van der Waals surface area contributed by atoms with E-state index in [0.717, 1.165) is 28.3 Å². The van der Waals surface area contributed by atoms with Crippen molar-refractivity contribution in [2.24, 2.45) is 36.4 Å². The molecule has 0 fully saturated rings. The second-order valence-electron chi connectivity index (χ2n) is 14.4. The van der Waals surface area contributed by atoms with E-state index in [-0.39, 0.29) is 49.4 Å². The van der Waals surface area contributed by atoms with E-state index in [9.17, 15) is 35.5 Å². The topological polar surface area (TPSA) is 271 Å². The number of carbonyl (C=O) groups excluding carboxylic acids is 2. The zero-order valence-electron chi connectivity index (χ0n) is 36.2. The molecule has 65 heavy (non-hydrogen) atoms. The van der Waals surface area contributed by atoms with Crippen LogP contribution < -0.4 is 15.1 Å². The highest BCUT2D eigenvalue weighted by atomic mass is 32.2. The van der Waals surface area contributed by atoms with Crippen LogP contribution in [0.3, 0.4) is 0 Å². The van der Waals surface area contributed by atoms with Crippen LogP contribution in [0.25, 0.3) is 0 Å². The third kappa shape index (κ3) is 11.8. The predicted octanol–water partition coefficient (Wildman–Crippen LogP) is 9.62. The number of amidine groups is 2. The average Bonchev–Trinajstić information content (AvgIpc) is 3.92. The quantitative estimate of drug-likeness (QED) is 0.0603. The SMILES string of the molecule is CCC1CC2SCCOCN(CC)c3ccc(N=Nc4nc(S(=O)(=O)O)c(C=O)s4)c(c3)N=C1N=C(Nc1cc(N(CC)CC)ccc1N=Nc1nc(S(=O)(=O)O)c(C=O)s1)C(C)=C2C. The lowest BCUT2D eigenvalue weighted by Gasteiger charge is -2.29. The van der Waals surface area contributed by atoms with Crippen LogP contribution in [-0.2, 0) is 25.0 Å². The lowest BCUT2D eigenvalue weighted by Crippen LogP contribution is -2.29. The molecule has 0 spiro atoms. The van der Waals surface area contributed by atoms with Gasteiger partial charge in [-0.15, -0.1) is 20.5 Å². The molecule has 2 aliphatic heterocycles. The van der Waals surface area contributed by atoms with Crippen LogP contribution in [0.15, 0.2) is 88.0 Å². The number of thioether (sulfide) groups is 1. The van der Waals surface area contributed by atoms with Gasteiger partial charge >= 0.3 is 20.2 Å². The zero-order valence-corrected chi connectivity index (χ0v) is 40.3. The van der Waals surface area contributed by atoms with Crippen molar-refractivity contribution in [2.45, 2.75) is 69.7 Å². The number of benzene rings is 2. The molecule has 4 aromatic rings. The molecule has 0 radical (unpaired) electrons. The van der Waals surface area contributed by atoms with Gasteiger partial charge in [0.2, 0.25) is 20.3 Å². The molecule has 2 aromatic carbocycles. The van der Waals surface area contributed by atoms with Crippen molar-refractivity contribution >= 4 is 123 Å². The molecule has 0 amide bonds. The summed E-state index contributed by atoms with van der Waals surface area (Å²) < 4.78 is 73.1. The fourth-order valence-corrected chi connectivity index (χ4v) is 11.3. The number of anilines is 3. The molecule has 346 valence electrons. The molecule has 3 N–H and O–H groups in total. The van der Waals surface area contributed by atoms with Crippen molar-refractivity contribution in [3.63, 3.8) is 0 Å². The fraction of sp³-hybridized carbons (Fsp3) is 0.400. The van der Waals surface area contributed by atoms with Crippen molar-refractivity contribution in [1.29, 1.82) is 0 Å². The largest absolute Gasteiger partial charge is 0.372 e. The van der Waals surface area contributed by atoms with E-state index in [1.807, 2.05) is 56.9 Å². The maximum Gasteiger partial charge on any atom is 0.313 e. The Bertz CT molecular complexity index is 2820. The number of ether oxygens (including phenoxy) is 1. The van der Waals surface area contributed by atoms with Gasteiger partial charge in [0, 0.05) is 47.9 Å². The first-order chi connectivity index (χ1) is 31.0. The molecule has 0 saturated heterocycles. The monoisotopic (exact) mass is 985 g/mol. The number of hydrogen-bond donors (Lipinski definition) is 3. The van der Waals surface area contributed by atoms with E-state index < -0.39 is 30.3 Å². The number of hydrogen-bond acceptors (Lipinski definition) is 21. The number of aldehydes is 2. The summed E-state index contributed by atoms with van der Waals surface area (Å²) in [5, 5.41) is 18.8. The van der Waals surface area contributed by atoms with Gasteiger partial charge in [0.25, 0.3) is 0 Å². The number of nitrogens with zero attached hydrogens (tertiary/aromatic N) is 10. The van der Waals surface area contributed by atoms with Crippen molar-refractivity contribution in [2.75, 3.05) is 53.8 Å². The van der Waals surface area contributed by atoms with E-state index in [1.54, 1.807) is 23.9 Å². The van der Waals surface area contributed by atoms with Crippen LogP contribution >= 0.6 is 34.4 Å². The molecule has 2 unspecified atom stereocenters. The Kier molecular flexibility index (Phi) is 16.3. The fourth-order valence-electron chi connectivity index (χ4n) is 6.85. The third-order valence-electron chi connectivity index (χ3n) is 10.5. The van der Waals surface area contributed by atoms with Crippen LogP contribution in [0, 0.1) is 5.92 Å². The van der Waals surface area contributed by atoms with Crippen LogP contribution in [0.1, 0.15) is 73.7 Å². The number of nitrogens with one attached hydrogen (secondary N) is 1. The van der Waals surface area contributed by atoms with E-state index in [2.05, 4.69) is 54.5 Å². The summed E-state index contributed by atoms with van der Waals surface area (Å²) in [5.41, 5.74) is 5.06. The standard InChI is InChI=1S/C40H47N11O9S5/c1-7-25-17-32-23(5)24(6)35(41-30-18-26(50(8-2)9-3)11-13-28(30)46-48-39-44-37(64(54,55)56)33(20-52)62-39)43-36(25)42-31-19-27(51(10-4)22-60-15-16-61-32)12-14-29(31)47-49-40-45-38(65(57,58)59)34(21-53)63-40/h11-14,18-21,25,32H,7-10,15-17,22H2,1-6H3,(H,41,42,43)(H,54,55,56)(H,57,58,59). The van der Waals surface area contributed by atoms with E-state index >= 15 is 0 Å². The first kappa shape index (κ1) is 49.3. The maximum atomic E-state index is 11.9. The van der Waals surface area contributed by atoms with Gasteiger partial charge in [-0.3, -0.25) is 18.7 Å². The predicted molar refractivity (Wildman–Crippen MR) is 254 cm³/mol. The third-order valence-corrected chi connectivity index (χ3v) is 15.5. The summed E-state index contributed by atoms with van der Waals surface area (Å²) in [6.07, 6.45) is 1.91. The van der Waals surface area contributed by atoms with Gasteiger partial charge in [-0.25, -0.2) is 20.0 Å². The smallest absolute Gasteiger partial charge is 0.313 e. The maximum absolute atomic E-state index is 11.9. The van der Waals surface area contributed by atoms with Gasteiger partial charge in [0.1, 0.15) is 39.5 Å². The molecule has 6 rings (SSSR count). The molecular formula is C40H47N11O9S5. The number of azo groups is 2. The molecule has 0 aliphatic carbocycles. The highest BCUT2D eigenvalue weighted by Gasteiger charge is 2.29. The summed E-state index contributed by atoms with van der Waals surface area (Å²) in [6.45, 7) is 15.0. The molecule has 20 nitrogen and oxygen atoms in total.